The van der Waals surface area contributed by atoms with E-state index in [0.29, 0.717) is 40.8 Å². The first-order valence-electron chi connectivity index (χ1n) is 8.07. The van der Waals surface area contributed by atoms with Gasteiger partial charge >= 0.3 is 0 Å². The van der Waals surface area contributed by atoms with Gasteiger partial charge in [-0.15, -0.1) is 0 Å². The van der Waals surface area contributed by atoms with Gasteiger partial charge < -0.3 is 14.8 Å². The van der Waals surface area contributed by atoms with Gasteiger partial charge in [-0.1, -0.05) is 0 Å². The van der Waals surface area contributed by atoms with Crippen molar-refractivity contribution in [1.82, 2.24) is 9.44 Å². The number of ether oxygens (including phenoxy) is 2. The maximum Gasteiger partial charge on any atom is 0.277 e. The zero-order valence-electron chi connectivity index (χ0n) is 14.5. The molecule has 0 atom stereocenters. The monoisotopic (exact) mass is 377 g/mol. The second-order valence-electron chi connectivity index (χ2n) is 5.54. The minimum atomic E-state index is -0.341. The minimum Gasteiger partial charge on any atom is -0.493 e. The Labute approximate surface area is 154 Å². The number of hydrogen-bond acceptors (Lipinski definition) is 7. The highest BCUT2D eigenvalue weighted by Gasteiger charge is 2.24. The lowest BCUT2D eigenvalue weighted by Gasteiger charge is -2.26. The molecule has 3 rings (SSSR count). The molecule has 1 aliphatic heterocycles. The van der Waals surface area contributed by atoms with Gasteiger partial charge in [-0.3, -0.25) is 14.4 Å². The van der Waals surface area contributed by atoms with Gasteiger partial charge in [0.25, 0.3) is 11.8 Å². The molecule has 1 saturated heterocycles. The number of hydrogen-bond donors (Lipinski definition) is 1. The molecule has 1 fully saturated rings. The molecule has 2 heterocycles. The molecule has 0 spiro atoms. The molecular formula is C17H19N3O5S. The van der Waals surface area contributed by atoms with E-state index in [-0.39, 0.29) is 11.8 Å². The molecule has 26 heavy (non-hydrogen) atoms. The first kappa shape index (κ1) is 18.2. The number of carbonyl (C=O) groups is 2. The Balaban J connectivity index is 1.93. The van der Waals surface area contributed by atoms with Crippen LogP contribution in [0.5, 0.6) is 11.5 Å². The SMILES string of the molecule is COc1cc(C(=O)N2CCCCO2)cc(NC(=O)c2ccns2)c1OC. The summed E-state index contributed by atoms with van der Waals surface area (Å²) < 4.78 is 14.6. The van der Waals surface area contributed by atoms with Crippen molar-refractivity contribution in [1.29, 1.82) is 0 Å². The van der Waals surface area contributed by atoms with Gasteiger partial charge in [0, 0.05) is 18.3 Å². The molecule has 1 N–H and O–H groups in total. The van der Waals surface area contributed by atoms with Crippen LogP contribution in [0, 0.1) is 0 Å². The number of carbonyl (C=O) groups excluding carboxylic acids is 2. The lowest BCUT2D eigenvalue weighted by molar-refractivity contribution is -0.144. The summed E-state index contributed by atoms with van der Waals surface area (Å²) in [6, 6.07) is 4.74. The number of benzene rings is 1. The minimum absolute atomic E-state index is 0.293. The molecule has 138 valence electrons. The number of rotatable bonds is 5. The fourth-order valence-corrected chi connectivity index (χ4v) is 3.09. The molecule has 1 aromatic carbocycles. The summed E-state index contributed by atoms with van der Waals surface area (Å²) in [5.74, 6) is 0.0436. The van der Waals surface area contributed by atoms with Gasteiger partial charge in [0.15, 0.2) is 11.5 Å². The van der Waals surface area contributed by atoms with Crippen molar-refractivity contribution in [2.24, 2.45) is 0 Å². The molecule has 8 nitrogen and oxygen atoms in total. The van der Waals surface area contributed by atoms with E-state index in [9.17, 15) is 9.59 Å². The fraction of sp³-hybridized carbons (Fsp3) is 0.353. The highest BCUT2D eigenvalue weighted by atomic mass is 32.1. The third-order valence-electron chi connectivity index (χ3n) is 3.86. The summed E-state index contributed by atoms with van der Waals surface area (Å²) in [6.07, 6.45) is 3.35. The summed E-state index contributed by atoms with van der Waals surface area (Å²) in [6.45, 7) is 1.03. The number of anilines is 1. The van der Waals surface area contributed by atoms with Crippen molar-refractivity contribution in [2.45, 2.75) is 12.8 Å². The Morgan fingerprint density at radius 1 is 1.27 bits per heavy atom. The maximum atomic E-state index is 12.7. The highest BCUT2D eigenvalue weighted by Crippen LogP contribution is 2.37. The van der Waals surface area contributed by atoms with Crippen molar-refractivity contribution in [3.63, 3.8) is 0 Å². The van der Waals surface area contributed by atoms with E-state index in [1.807, 2.05) is 0 Å². The van der Waals surface area contributed by atoms with Crippen LogP contribution in [0.3, 0.4) is 0 Å². The zero-order chi connectivity index (χ0) is 18.5. The molecule has 0 aliphatic carbocycles. The number of amides is 2. The smallest absolute Gasteiger partial charge is 0.277 e. The molecule has 0 bridgehead atoms. The average molecular weight is 377 g/mol. The van der Waals surface area contributed by atoms with Crippen molar-refractivity contribution >= 4 is 29.0 Å². The predicted molar refractivity (Wildman–Crippen MR) is 95.8 cm³/mol. The van der Waals surface area contributed by atoms with E-state index in [2.05, 4.69) is 9.69 Å². The molecular weight excluding hydrogens is 358 g/mol. The lowest BCUT2D eigenvalue weighted by Crippen LogP contribution is -2.35. The van der Waals surface area contributed by atoms with Crippen molar-refractivity contribution in [2.75, 3.05) is 32.7 Å². The molecule has 0 saturated carbocycles. The Morgan fingerprint density at radius 3 is 2.73 bits per heavy atom. The summed E-state index contributed by atoms with van der Waals surface area (Å²) in [7, 11) is 2.94. The number of aromatic nitrogens is 1. The van der Waals surface area contributed by atoms with Crippen LogP contribution in [0.4, 0.5) is 5.69 Å². The molecule has 2 aromatic rings. The molecule has 1 aromatic heterocycles. The molecule has 1 aliphatic rings. The Hall–Kier alpha value is -2.65. The molecule has 9 heteroatoms. The summed E-state index contributed by atoms with van der Waals surface area (Å²) >= 11 is 1.08. The second kappa shape index (κ2) is 8.15. The molecule has 2 amide bonds. The van der Waals surface area contributed by atoms with E-state index in [1.165, 1.54) is 19.3 Å². The van der Waals surface area contributed by atoms with Gasteiger partial charge in [-0.2, -0.15) is 0 Å². The third-order valence-corrected chi connectivity index (χ3v) is 4.61. The summed E-state index contributed by atoms with van der Waals surface area (Å²) in [5, 5.41) is 4.08. The second-order valence-corrected chi connectivity index (χ2v) is 6.37. The van der Waals surface area contributed by atoms with E-state index in [1.54, 1.807) is 24.4 Å². The van der Waals surface area contributed by atoms with E-state index >= 15 is 0 Å². The van der Waals surface area contributed by atoms with Gasteiger partial charge in [0.2, 0.25) is 0 Å². The Bertz CT molecular complexity index is 788. The van der Waals surface area contributed by atoms with Crippen LogP contribution < -0.4 is 14.8 Å². The topological polar surface area (TPSA) is 90.0 Å². The van der Waals surface area contributed by atoms with Crippen LogP contribution in [0.15, 0.2) is 24.4 Å². The van der Waals surface area contributed by atoms with Crippen LogP contribution in [-0.4, -0.2) is 48.6 Å². The van der Waals surface area contributed by atoms with Crippen LogP contribution >= 0.6 is 11.5 Å². The average Bonchev–Trinajstić information content (AvgIpc) is 3.22. The van der Waals surface area contributed by atoms with Crippen molar-refractivity contribution < 1.29 is 23.9 Å². The van der Waals surface area contributed by atoms with E-state index in [4.69, 9.17) is 14.3 Å². The van der Waals surface area contributed by atoms with E-state index in [0.717, 1.165) is 24.4 Å². The largest absolute Gasteiger partial charge is 0.493 e. The Morgan fingerprint density at radius 2 is 2.12 bits per heavy atom. The van der Waals surface area contributed by atoms with Crippen molar-refractivity contribution in [3.8, 4) is 11.5 Å². The molecule has 0 radical (unpaired) electrons. The van der Waals surface area contributed by atoms with Crippen molar-refractivity contribution in [3.05, 3.63) is 34.8 Å². The van der Waals surface area contributed by atoms with Crippen LogP contribution in [0.1, 0.15) is 32.9 Å². The van der Waals surface area contributed by atoms with E-state index < -0.39 is 0 Å². The number of hydroxylamine groups is 2. The standard InChI is InChI=1S/C17H19N3O5S/c1-23-13-10-11(17(22)20-7-3-4-8-25-20)9-12(15(13)24-2)19-16(21)14-5-6-18-26-14/h5-6,9-10H,3-4,7-8H2,1-2H3,(H,19,21). The third kappa shape index (κ3) is 3.78. The highest BCUT2D eigenvalue weighted by molar-refractivity contribution is 7.08. The van der Waals surface area contributed by atoms with Gasteiger partial charge in [-0.25, -0.2) is 9.44 Å². The fourth-order valence-electron chi connectivity index (χ4n) is 2.60. The molecule has 0 unspecified atom stereocenters. The first-order valence-corrected chi connectivity index (χ1v) is 8.84. The van der Waals surface area contributed by atoms with Crippen LogP contribution in [0.25, 0.3) is 0 Å². The summed E-state index contributed by atoms with van der Waals surface area (Å²) in [4.78, 5) is 31.0. The quantitative estimate of drug-likeness (QED) is 0.861. The number of nitrogens with zero attached hydrogens (tertiary/aromatic N) is 2. The van der Waals surface area contributed by atoms with Crippen LogP contribution in [0.2, 0.25) is 0 Å². The maximum absolute atomic E-state index is 12.7. The van der Waals surface area contributed by atoms with Gasteiger partial charge in [-0.05, 0) is 42.6 Å². The normalized spacial score (nSPS) is 14.0. The van der Waals surface area contributed by atoms with Gasteiger partial charge in [0.1, 0.15) is 4.88 Å². The summed E-state index contributed by atoms with van der Waals surface area (Å²) in [5.41, 5.74) is 0.676. The first-order chi connectivity index (χ1) is 12.6. The number of methoxy groups -OCH3 is 2. The predicted octanol–water partition coefficient (Wildman–Crippen LogP) is 2.58. The van der Waals surface area contributed by atoms with Crippen LogP contribution in [-0.2, 0) is 4.84 Å². The van der Waals surface area contributed by atoms with Gasteiger partial charge in [0.05, 0.1) is 26.5 Å². The Kier molecular flexibility index (Phi) is 5.69. The zero-order valence-corrected chi connectivity index (χ0v) is 15.3. The lowest BCUT2D eigenvalue weighted by atomic mass is 10.1. The number of nitrogens with one attached hydrogen (secondary N) is 1.